The number of primary amides is 1. The molecule has 1 aliphatic heterocycles. The Morgan fingerprint density at radius 2 is 1.86 bits per heavy atom. The van der Waals surface area contributed by atoms with Gasteiger partial charge in [0.1, 0.15) is 18.1 Å². The highest BCUT2D eigenvalue weighted by Crippen LogP contribution is 2.19. The smallest absolute Gasteiger partial charge is 0.325 e. The topological polar surface area (TPSA) is 205 Å². The van der Waals surface area contributed by atoms with E-state index in [0.717, 1.165) is 0 Å². The Morgan fingerprint density at radius 3 is 2.39 bits per heavy atom. The first kappa shape index (κ1) is 23.3. The van der Waals surface area contributed by atoms with Crippen LogP contribution >= 0.6 is 0 Å². The summed E-state index contributed by atoms with van der Waals surface area (Å²) < 4.78 is 0. The molecule has 158 valence electrons. The molecule has 4 amide bonds. The number of rotatable bonds is 10. The molecule has 0 radical (unpaired) electrons. The molecule has 0 saturated carbocycles. The summed E-state index contributed by atoms with van der Waals surface area (Å²) in [5.41, 5.74) is 10.6. The Kier molecular flexibility index (Phi) is 8.79. The second-order valence-electron chi connectivity index (χ2n) is 6.61. The van der Waals surface area contributed by atoms with Crippen LogP contribution in [0.25, 0.3) is 0 Å². The number of carboxylic acids is 1. The number of aliphatic carboxylic acids is 1. The van der Waals surface area contributed by atoms with Gasteiger partial charge in [-0.25, -0.2) is 0 Å². The molecule has 0 bridgehead atoms. The van der Waals surface area contributed by atoms with Crippen molar-refractivity contribution < 1.29 is 34.2 Å². The Balaban J connectivity index is 2.74. The van der Waals surface area contributed by atoms with Gasteiger partial charge in [0.25, 0.3) is 0 Å². The van der Waals surface area contributed by atoms with Crippen molar-refractivity contribution in [3.8, 4) is 0 Å². The minimum atomic E-state index is -1.32. The van der Waals surface area contributed by atoms with E-state index in [9.17, 15) is 29.1 Å². The lowest BCUT2D eigenvalue weighted by Gasteiger charge is -2.28. The number of nitrogens with two attached hydrogens (primary N) is 2. The fraction of sp³-hybridized carbons (Fsp3) is 0.688. The van der Waals surface area contributed by atoms with Crippen LogP contribution in [-0.2, 0) is 24.0 Å². The number of hydrogen-bond donors (Lipinski definition) is 6. The van der Waals surface area contributed by atoms with Crippen molar-refractivity contribution >= 4 is 29.6 Å². The number of carbonyl (C=O) groups is 5. The molecule has 0 aliphatic carbocycles. The normalized spacial score (nSPS) is 19.4. The van der Waals surface area contributed by atoms with E-state index in [4.69, 9.17) is 16.6 Å². The Labute approximate surface area is 161 Å². The molecule has 1 aliphatic rings. The predicted molar refractivity (Wildman–Crippen MR) is 95.4 cm³/mol. The molecule has 28 heavy (non-hydrogen) atoms. The fourth-order valence-electron chi connectivity index (χ4n) is 2.77. The minimum absolute atomic E-state index is 0.0185. The maximum Gasteiger partial charge on any atom is 0.325 e. The summed E-state index contributed by atoms with van der Waals surface area (Å²) in [6.45, 7) is 0.799. The Hall–Kier alpha value is -2.73. The van der Waals surface area contributed by atoms with E-state index in [1.807, 2.05) is 0 Å². The zero-order valence-electron chi connectivity index (χ0n) is 15.6. The van der Waals surface area contributed by atoms with E-state index in [0.29, 0.717) is 12.8 Å². The summed E-state index contributed by atoms with van der Waals surface area (Å²) in [5.74, 6) is -3.89. The molecule has 4 atom stereocenters. The Morgan fingerprint density at radius 1 is 1.21 bits per heavy atom. The second kappa shape index (κ2) is 10.6. The molecule has 1 saturated heterocycles. The predicted octanol–water partition coefficient (Wildman–Crippen LogP) is -3.36. The number of carboxylic acid groups (broad SMARTS) is 1. The quantitative estimate of drug-likeness (QED) is 0.217. The summed E-state index contributed by atoms with van der Waals surface area (Å²) >= 11 is 0. The van der Waals surface area contributed by atoms with Crippen LogP contribution in [0.15, 0.2) is 0 Å². The Bertz CT molecular complexity index is 627. The molecule has 0 aromatic rings. The third kappa shape index (κ3) is 6.46. The van der Waals surface area contributed by atoms with Crippen LogP contribution in [0.3, 0.4) is 0 Å². The van der Waals surface area contributed by atoms with Crippen LogP contribution in [0.2, 0.25) is 0 Å². The van der Waals surface area contributed by atoms with Gasteiger partial charge < -0.3 is 37.2 Å². The average Bonchev–Trinajstić information content (AvgIpc) is 3.12. The fourth-order valence-corrected chi connectivity index (χ4v) is 2.77. The van der Waals surface area contributed by atoms with Gasteiger partial charge in [-0.2, -0.15) is 0 Å². The molecule has 0 spiro atoms. The van der Waals surface area contributed by atoms with Gasteiger partial charge in [0.15, 0.2) is 0 Å². The van der Waals surface area contributed by atoms with Crippen LogP contribution in [0.1, 0.15) is 32.6 Å². The monoisotopic (exact) mass is 401 g/mol. The first-order valence-electron chi connectivity index (χ1n) is 8.87. The highest BCUT2D eigenvalue weighted by atomic mass is 16.4. The number of aliphatic hydroxyl groups is 1. The van der Waals surface area contributed by atoms with Crippen LogP contribution in [0.4, 0.5) is 0 Å². The number of aliphatic hydroxyl groups excluding tert-OH is 1. The average molecular weight is 401 g/mol. The zero-order valence-corrected chi connectivity index (χ0v) is 15.6. The summed E-state index contributed by atoms with van der Waals surface area (Å²) in [6.07, 6.45) is 0.710. The third-order valence-electron chi connectivity index (χ3n) is 4.40. The molecule has 12 heteroatoms. The molecular formula is C16H27N5O7. The first-order chi connectivity index (χ1) is 13.1. The van der Waals surface area contributed by atoms with E-state index in [2.05, 4.69) is 10.6 Å². The SMILES string of the molecule is CC(NC(=O)C1CCCN1C(=O)C(CO)NC(=O)C(N)CCC(N)=O)C(=O)O. The maximum atomic E-state index is 12.7. The number of nitrogens with one attached hydrogen (secondary N) is 2. The largest absolute Gasteiger partial charge is 0.480 e. The van der Waals surface area contributed by atoms with Gasteiger partial charge >= 0.3 is 5.97 Å². The molecule has 1 fully saturated rings. The summed E-state index contributed by atoms with van der Waals surface area (Å²) in [5, 5.41) is 23.0. The lowest BCUT2D eigenvalue weighted by atomic mass is 10.1. The summed E-state index contributed by atoms with van der Waals surface area (Å²) in [6, 6.07) is -4.44. The van der Waals surface area contributed by atoms with Gasteiger partial charge in [-0.1, -0.05) is 0 Å². The highest BCUT2D eigenvalue weighted by molar-refractivity contribution is 5.94. The molecule has 0 aromatic heterocycles. The van der Waals surface area contributed by atoms with E-state index in [-0.39, 0.29) is 19.4 Å². The van der Waals surface area contributed by atoms with Gasteiger partial charge in [0, 0.05) is 13.0 Å². The van der Waals surface area contributed by atoms with Crippen molar-refractivity contribution in [3.05, 3.63) is 0 Å². The van der Waals surface area contributed by atoms with E-state index in [1.54, 1.807) is 0 Å². The molecule has 0 aromatic carbocycles. The second-order valence-corrected chi connectivity index (χ2v) is 6.61. The van der Waals surface area contributed by atoms with Crippen molar-refractivity contribution in [2.75, 3.05) is 13.2 Å². The zero-order chi connectivity index (χ0) is 21.4. The van der Waals surface area contributed by atoms with Crippen LogP contribution < -0.4 is 22.1 Å². The minimum Gasteiger partial charge on any atom is -0.480 e. The molecule has 8 N–H and O–H groups in total. The first-order valence-corrected chi connectivity index (χ1v) is 8.87. The van der Waals surface area contributed by atoms with Crippen LogP contribution in [0.5, 0.6) is 0 Å². The van der Waals surface area contributed by atoms with Crippen molar-refractivity contribution in [2.24, 2.45) is 11.5 Å². The van der Waals surface area contributed by atoms with Gasteiger partial charge in [-0.3, -0.25) is 24.0 Å². The molecule has 1 heterocycles. The molecule has 1 rings (SSSR count). The van der Waals surface area contributed by atoms with Crippen LogP contribution in [-0.4, -0.2) is 82.0 Å². The van der Waals surface area contributed by atoms with E-state index < -0.39 is 60.4 Å². The lowest BCUT2D eigenvalue weighted by Crippen LogP contribution is -2.57. The van der Waals surface area contributed by atoms with Crippen molar-refractivity contribution in [1.82, 2.24) is 15.5 Å². The summed E-state index contributed by atoms with van der Waals surface area (Å²) in [4.78, 5) is 59.9. The highest BCUT2D eigenvalue weighted by Gasteiger charge is 2.38. The van der Waals surface area contributed by atoms with E-state index >= 15 is 0 Å². The van der Waals surface area contributed by atoms with Crippen molar-refractivity contribution in [3.63, 3.8) is 0 Å². The standard InChI is InChI=1S/C16H27N5O7/c1-8(16(27)28)19-14(25)11-3-2-6-21(11)15(26)10(7-22)20-13(24)9(17)4-5-12(18)23/h8-11,22H,2-7,17H2,1H3,(H2,18,23)(H,19,25)(H,20,24)(H,27,28). The van der Waals surface area contributed by atoms with Crippen LogP contribution in [0, 0.1) is 0 Å². The molecular weight excluding hydrogens is 374 g/mol. The number of amides is 4. The number of likely N-dealkylation sites (tertiary alicyclic amines) is 1. The van der Waals surface area contributed by atoms with Gasteiger partial charge in [-0.05, 0) is 26.2 Å². The van der Waals surface area contributed by atoms with Crippen molar-refractivity contribution in [1.29, 1.82) is 0 Å². The lowest BCUT2D eigenvalue weighted by molar-refractivity contribution is -0.145. The molecule has 12 nitrogen and oxygen atoms in total. The van der Waals surface area contributed by atoms with Crippen molar-refractivity contribution in [2.45, 2.75) is 56.8 Å². The number of carbonyl (C=O) groups excluding carboxylic acids is 4. The van der Waals surface area contributed by atoms with Gasteiger partial charge in [-0.15, -0.1) is 0 Å². The van der Waals surface area contributed by atoms with Gasteiger partial charge in [0.2, 0.25) is 23.6 Å². The molecule has 4 unspecified atom stereocenters. The van der Waals surface area contributed by atoms with E-state index in [1.165, 1.54) is 11.8 Å². The maximum absolute atomic E-state index is 12.7. The summed E-state index contributed by atoms with van der Waals surface area (Å²) in [7, 11) is 0. The number of hydrogen-bond acceptors (Lipinski definition) is 7. The third-order valence-corrected chi connectivity index (χ3v) is 4.40. The number of nitrogens with zero attached hydrogens (tertiary/aromatic N) is 1. The van der Waals surface area contributed by atoms with Gasteiger partial charge in [0.05, 0.1) is 12.6 Å².